The lowest BCUT2D eigenvalue weighted by Crippen LogP contribution is -2.42. The van der Waals surface area contributed by atoms with Gasteiger partial charge in [0.05, 0.1) is 0 Å². The SMILES string of the molecule is CC(=O)N(CCc1noc(C2CCC2)n1)C1CCN(S(=O)(=O)c2c(C)noc2C)C1. The fourth-order valence-electron chi connectivity index (χ4n) is 4.16. The van der Waals surface area contributed by atoms with Crippen molar-refractivity contribution in [1.29, 1.82) is 0 Å². The molecule has 1 amide bonds. The van der Waals surface area contributed by atoms with Crippen molar-refractivity contribution in [3.8, 4) is 0 Å². The highest BCUT2D eigenvalue weighted by molar-refractivity contribution is 7.89. The zero-order valence-corrected chi connectivity index (χ0v) is 18.3. The van der Waals surface area contributed by atoms with E-state index < -0.39 is 10.0 Å². The third-order valence-corrected chi connectivity index (χ3v) is 8.16. The molecular weight excluding hydrogens is 410 g/mol. The molecule has 1 unspecified atom stereocenters. The largest absolute Gasteiger partial charge is 0.360 e. The van der Waals surface area contributed by atoms with Crippen molar-refractivity contribution in [3.63, 3.8) is 0 Å². The summed E-state index contributed by atoms with van der Waals surface area (Å²) >= 11 is 0. The van der Waals surface area contributed by atoms with E-state index in [0.717, 1.165) is 12.8 Å². The molecule has 1 atom stereocenters. The second-order valence-electron chi connectivity index (χ2n) is 8.10. The van der Waals surface area contributed by atoms with Crippen LogP contribution in [0.4, 0.5) is 0 Å². The van der Waals surface area contributed by atoms with Gasteiger partial charge in [-0.25, -0.2) is 8.42 Å². The van der Waals surface area contributed by atoms with Gasteiger partial charge in [0.25, 0.3) is 0 Å². The summed E-state index contributed by atoms with van der Waals surface area (Å²) in [5, 5.41) is 7.79. The van der Waals surface area contributed by atoms with Gasteiger partial charge in [0.15, 0.2) is 11.6 Å². The summed E-state index contributed by atoms with van der Waals surface area (Å²) in [7, 11) is -3.72. The first-order valence-electron chi connectivity index (χ1n) is 10.3. The summed E-state index contributed by atoms with van der Waals surface area (Å²) in [5.74, 6) is 1.82. The Balaban J connectivity index is 1.41. The maximum Gasteiger partial charge on any atom is 0.248 e. The van der Waals surface area contributed by atoms with Crippen LogP contribution in [0.15, 0.2) is 13.9 Å². The van der Waals surface area contributed by atoms with Gasteiger partial charge in [-0.3, -0.25) is 4.79 Å². The molecule has 10 nitrogen and oxygen atoms in total. The van der Waals surface area contributed by atoms with Crippen LogP contribution in [-0.2, 0) is 21.2 Å². The molecule has 2 fully saturated rings. The first-order chi connectivity index (χ1) is 14.3. The number of rotatable bonds is 7. The minimum Gasteiger partial charge on any atom is -0.360 e. The highest BCUT2D eigenvalue weighted by Crippen LogP contribution is 2.35. The quantitative estimate of drug-likeness (QED) is 0.642. The van der Waals surface area contributed by atoms with E-state index in [1.807, 2.05) is 0 Å². The highest BCUT2D eigenvalue weighted by atomic mass is 32.2. The summed E-state index contributed by atoms with van der Waals surface area (Å²) in [5.41, 5.74) is 0.346. The van der Waals surface area contributed by atoms with Gasteiger partial charge < -0.3 is 13.9 Å². The van der Waals surface area contributed by atoms with E-state index in [-0.39, 0.29) is 29.1 Å². The molecule has 2 aromatic heterocycles. The Morgan fingerprint density at radius 2 is 1.97 bits per heavy atom. The lowest BCUT2D eigenvalue weighted by atomic mass is 9.85. The molecule has 1 saturated heterocycles. The van der Waals surface area contributed by atoms with Crippen LogP contribution in [0.3, 0.4) is 0 Å². The van der Waals surface area contributed by atoms with E-state index in [0.29, 0.717) is 49.3 Å². The molecule has 0 bridgehead atoms. The van der Waals surface area contributed by atoms with Crippen LogP contribution in [0.25, 0.3) is 0 Å². The van der Waals surface area contributed by atoms with E-state index in [2.05, 4.69) is 15.3 Å². The molecule has 0 radical (unpaired) electrons. The Morgan fingerprint density at radius 1 is 1.20 bits per heavy atom. The van der Waals surface area contributed by atoms with Crippen LogP contribution in [-0.4, -0.2) is 64.5 Å². The number of nitrogens with zero attached hydrogens (tertiary/aromatic N) is 5. The topological polar surface area (TPSA) is 123 Å². The molecule has 0 N–H and O–H groups in total. The van der Waals surface area contributed by atoms with Crippen LogP contribution in [0, 0.1) is 13.8 Å². The summed E-state index contributed by atoms with van der Waals surface area (Å²) in [4.78, 5) is 18.6. The maximum atomic E-state index is 13.0. The number of hydrogen-bond donors (Lipinski definition) is 0. The average Bonchev–Trinajstić information content (AvgIpc) is 3.35. The van der Waals surface area contributed by atoms with Gasteiger partial charge in [-0.05, 0) is 33.1 Å². The summed E-state index contributed by atoms with van der Waals surface area (Å²) in [6, 6.07) is -0.198. The van der Waals surface area contributed by atoms with Gasteiger partial charge in [-0.2, -0.15) is 9.29 Å². The van der Waals surface area contributed by atoms with E-state index >= 15 is 0 Å². The molecule has 30 heavy (non-hydrogen) atoms. The summed E-state index contributed by atoms with van der Waals surface area (Å²) < 4.78 is 37.9. The van der Waals surface area contributed by atoms with Gasteiger partial charge in [0.1, 0.15) is 10.6 Å². The van der Waals surface area contributed by atoms with Gasteiger partial charge in [0.2, 0.25) is 21.8 Å². The van der Waals surface area contributed by atoms with E-state index in [4.69, 9.17) is 9.05 Å². The molecule has 1 aliphatic heterocycles. The molecule has 1 saturated carbocycles. The van der Waals surface area contributed by atoms with E-state index in [9.17, 15) is 13.2 Å². The van der Waals surface area contributed by atoms with Gasteiger partial charge in [0, 0.05) is 44.9 Å². The highest BCUT2D eigenvalue weighted by Gasteiger charge is 2.38. The molecule has 1 aliphatic carbocycles. The Labute approximate surface area is 175 Å². The number of aromatic nitrogens is 3. The Bertz CT molecular complexity index is 1010. The number of hydrogen-bond acceptors (Lipinski definition) is 8. The zero-order valence-electron chi connectivity index (χ0n) is 17.5. The molecule has 11 heteroatoms. The molecule has 4 rings (SSSR count). The lowest BCUT2D eigenvalue weighted by Gasteiger charge is -2.27. The van der Waals surface area contributed by atoms with Crippen molar-refractivity contribution in [2.24, 2.45) is 0 Å². The second-order valence-corrected chi connectivity index (χ2v) is 9.97. The fourth-order valence-corrected chi connectivity index (χ4v) is 5.95. The first-order valence-corrected chi connectivity index (χ1v) is 11.7. The number of aryl methyl sites for hydroxylation is 2. The van der Waals surface area contributed by atoms with Crippen molar-refractivity contribution in [3.05, 3.63) is 23.2 Å². The minimum atomic E-state index is -3.72. The summed E-state index contributed by atoms with van der Waals surface area (Å²) in [6.45, 7) is 5.71. The molecule has 3 heterocycles. The van der Waals surface area contributed by atoms with Crippen LogP contribution in [0.2, 0.25) is 0 Å². The zero-order chi connectivity index (χ0) is 21.5. The third kappa shape index (κ3) is 3.87. The summed E-state index contributed by atoms with van der Waals surface area (Å²) in [6.07, 6.45) is 4.40. The predicted octanol–water partition coefficient (Wildman–Crippen LogP) is 1.80. The van der Waals surface area contributed by atoms with Crippen molar-refractivity contribution < 1.29 is 22.3 Å². The second kappa shape index (κ2) is 8.10. The van der Waals surface area contributed by atoms with Crippen molar-refractivity contribution in [2.45, 2.75) is 69.7 Å². The third-order valence-electron chi connectivity index (χ3n) is 6.05. The van der Waals surface area contributed by atoms with Gasteiger partial charge in [-0.1, -0.05) is 16.7 Å². The number of carbonyl (C=O) groups excluding carboxylic acids is 1. The minimum absolute atomic E-state index is 0.0979. The Kier molecular flexibility index (Phi) is 5.67. The van der Waals surface area contributed by atoms with Crippen molar-refractivity contribution in [1.82, 2.24) is 24.5 Å². The normalized spacial score (nSPS) is 20.4. The van der Waals surface area contributed by atoms with Gasteiger partial charge in [-0.15, -0.1) is 0 Å². The van der Waals surface area contributed by atoms with E-state index in [1.165, 1.54) is 17.6 Å². The predicted molar refractivity (Wildman–Crippen MR) is 105 cm³/mol. The molecule has 2 aliphatic rings. The van der Waals surface area contributed by atoms with Crippen LogP contribution >= 0.6 is 0 Å². The van der Waals surface area contributed by atoms with Crippen LogP contribution < -0.4 is 0 Å². The molecule has 0 spiro atoms. The van der Waals surface area contributed by atoms with Crippen molar-refractivity contribution in [2.75, 3.05) is 19.6 Å². The molecule has 0 aromatic carbocycles. The Morgan fingerprint density at radius 3 is 2.57 bits per heavy atom. The smallest absolute Gasteiger partial charge is 0.248 e. The number of sulfonamides is 1. The monoisotopic (exact) mass is 437 g/mol. The molecule has 2 aromatic rings. The average molecular weight is 438 g/mol. The van der Waals surface area contributed by atoms with E-state index in [1.54, 1.807) is 18.7 Å². The Hall–Kier alpha value is -2.27. The fraction of sp³-hybridized carbons (Fsp3) is 0.684. The van der Waals surface area contributed by atoms with Crippen molar-refractivity contribution >= 4 is 15.9 Å². The molecule has 164 valence electrons. The maximum absolute atomic E-state index is 13.0. The number of amides is 1. The van der Waals surface area contributed by atoms with Crippen LogP contribution in [0.5, 0.6) is 0 Å². The number of carbonyl (C=O) groups is 1. The van der Waals surface area contributed by atoms with Crippen LogP contribution in [0.1, 0.15) is 61.7 Å². The van der Waals surface area contributed by atoms with Gasteiger partial charge >= 0.3 is 0 Å². The first kappa shape index (κ1) is 21.0. The molecular formula is C19H27N5O5S. The standard InChI is InChI=1S/C19H27N5O5S/c1-12-18(13(2)28-21-12)30(26,27)23-9-7-16(11-23)24(14(3)25)10-8-17-20-19(29-22-17)15-5-4-6-15/h15-16H,4-11H2,1-3H3. The lowest BCUT2D eigenvalue weighted by molar-refractivity contribution is -0.130.